The number of aromatic nitrogens is 5. The van der Waals surface area contributed by atoms with Gasteiger partial charge in [0.05, 0.1) is 36.2 Å². The zero-order valence-corrected chi connectivity index (χ0v) is 23.7. The van der Waals surface area contributed by atoms with E-state index in [9.17, 15) is 14.7 Å². The number of aliphatic hydroxyl groups is 2. The molecule has 3 heterocycles. The number of aliphatic hydroxyl groups excluding tert-OH is 2. The molecule has 214 valence electrons. The number of fused-ring (bicyclic) bond motifs is 1. The smallest absolute Gasteiger partial charge is 0.290 e. The minimum atomic E-state index is -0.697. The maximum atomic E-state index is 15.1. The minimum absolute atomic E-state index is 0.0519. The lowest BCUT2D eigenvalue weighted by molar-refractivity contribution is 0.281. The molecule has 12 heteroatoms. The van der Waals surface area contributed by atoms with Crippen LogP contribution in [0.3, 0.4) is 0 Å². The van der Waals surface area contributed by atoms with E-state index in [0.29, 0.717) is 44.9 Å². The molecule has 10 nitrogen and oxygen atoms in total. The van der Waals surface area contributed by atoms with Crippen LogP contribution in [0.5, 0.6) is 0 Å². The minimum Gasteiger partial charge on any atom is -0.396 e. The molecule has 0 atom stereocenters. The Morgan fingerprint density at radius 1 is 1.10 bits per heavy atom. The van der Waals surface area contributed by atoms with Crippen LogP contribution >= 0.6 is 11.8 Å². The van der Waals surface area contributed by atoms with E-state index in [1.54, 1.807) is 43.5 Å². The Balaban J connectivity index is 1.58. The summed E-state index contributed by atoms with van der Waals surface area (Å²) in [4.78, 5) is 31.6. The van der Waals surface area contributed by atoms with Gasteiger partial charge in [-0.1, -0.05) is 24.3 Å². The molecule has 0 unspecified atom stereocenters. The molecule has 0 saturated heterocycles. The van der Waals surface area contributed by atoms with Crippen LogP contribution in [0.4, 0.5) is 15.9 Å². The van der Waals surface area contributed by atoms with Gasteiger partial charge < -0.3 is 15.5 Å². The molecular weight excluding hydrogens is 559 g/mol. The average molecular weight is 587 g/mol. The topological polar surface area (TPSA) is 135 Å². The van der Waals surface area contributed by atoms with Gasteiger partial charge in [-0.3, -0.25) is 9.59 Å². The summed E-state index contributed by atoms with van der Waals surface area (Å²) in [7, 11) is 1.50. The van der Waals surface area contributed by atoms with Gasteiger partial charge in [0.1, 0.15) is 17.3 Å². The SMILES string of the molecule is C=C(C)c1cc(F)c2c(=O)n(-c3cccc(-c4cc(Nc5ccc(SCCO)cn5)c(=O)n(C)n4)c3CO)ncc2c1. The Hall–Kier alpha value is -4.65. The van der Waals surface area contributed by atoms with E-state index in [1.807, 2.05) is 6.07 Å². The molecule has 0 saturated carbocycles. The lowest BCUT2D eigenvalue weighted by atomic mass is 10.0. The fraction of sp³-hybridized carbons (Fsp3) is 0.167. The zero-order valence-electron chi connectivity index (χ0n) is 22.8. The van der Waals surface area contributed by atoms with Crippen LogP contribution in [0.25, 0.3) is 33.3 Å². The number of thioether (sulfide) groups is 1. The third-order valence-electron chi connectivity index (χ3n) is 6.57. The van der Waals surface area contributed by atoms with Gasteiger partial charge in [0.25, 0.3) is 11.1 Å². The number of anilines is 2. The van der Waals surface area contributed by atoms with Gasteiger partial charge in [-0.15, -0.1) is 11.8 Å². The van der Waals surface area contributed by atoms with Gasteiger partial charge in [-0.25, -0.2) is 14.1 Å². The molecule has 0 aliphatic carbocycles. The van der Waals surface area contributed by atoms with Crippen LogP contribution in [-0.2, 0) is 13.7 Å². The van der Waals surface area contributed by atoms with Gasteiger partial charge in [0.15, 0.2) is 0 Å². The Morgan fingerprint density at radius 3 is 2.60 bits per heavy atom. The van der Waals surface area contributed by atoms with Crippen molar-refractivity contribution in [2.75, 3.05) is 17.7 Å². The lowest BCUT2D eigenvalue weighted by Crippen LogP contribution is -2.24. The molecule has 3 N–H and O–H groups in total. The van der Waals surface area contributed by atoms with Crippen molar-refractivity contribution < 1.29 is 14.6 Å². The Morgan fingerprint density at radius 2 is 1.90 bits per heavy atom. The number of hydrogen-bond acceptors (Lipinski definition) is 9. The summed E-state index contributed by atoms with van der Waals surface area (Å²) in [5.41, 5.74) is 1.66. The van der Waals surface area contributed by atoms with Gasteiger partial charge in [0, 0.05) is 40.4 Å². The molecule has 42 heavy (non-hydrogen) atoms. The molecule has 5 aromatic rings. The molecule has 0 aliphatic rings. The van der Waals surface area contributed by atoms with E-state index < -0.39 is 23.5 Å². The molecule has 0 spiro atoms. The van der Waals surface area contributed by atoms with Crippen molar-refractivity contribution in [2.45, 2.75) is 18.4 Å². The average Bonchev–Trinajstić information content (AvgIpc) is 2.98. The van der Waals surface area contributed by atoms with Crippen LogP contribution in [0, 0.1) is 5.82 Å². The number of rotatable bonds is 9. The fourth-order valence-electron chi connectivity index (χ4n) is 4.50. The summed E-state index contributed by atoms with van der Waals surface area (Å²) < 4.78 is 17.3. The highest BCUT2D eigenvalue weighted by molar-refractivity contribution is 7.99. The van der Waals surface area contributed by atoms with Gasteiger partial charge >= 0.3 is 0 Å². The van der Waals surface area contributed by atoms with Crippen molar-refractivity contribution in [3.63, 3.8) is 0 Å². The highest BCUT2D eigenvalue weighted by Gasteiger charge is 2.19. The first-order valence-corrected chi connectivity index (χ1v) is 13.9. The molecule has 3 aromatic heterocycles. The molecule has 0 fully saturated rings. The predicted molar refractivity (Wildman–Crippen MR) is 162 cm³/mol. The maximum absolute atomic E-state index is 15.1. The summed E-state index contributed by atoms with van der Waals surface area (Å²) >= 11 is 1.45. The molecule has 0 bridgehead atoms. The van der Waals surface area contributed by atoms with E-state index in [2.05, 4.69) is 27.1 Å². The first-order valence-electron chi connectivity index (χ1n) is 12.9. The Kier molecular flexibility index (Phi) is 8.29. The van der Waals surface area contributed by atoms with Crippen LogP contribution in [0.2, 0.25) is 0 Å². The number of benzene rings is 2. The number of hydrogen-bond donors (Lipinski definition) is 3. The molecule has 2 aromatic carbocycles. The summed E-state index contributed by atoms with van der Waals surface area (Å²) in [5.74, 6) is 0.274. The van der Waals surface area contributed by atoms with Crippen molar-refractivity contribution in [1.82, 2.24) is 24.5 Å². The number of nitrogens with zero attached hydrogens (tertiary/aromatic N) is 5. The normalized spacial score (nSPS) is 11.2. The second-order valence-electron chi connectivity index (χ2n) is 9.47. The predicted octanol–water partition coefficient (Wildman–Crippen LogP) is 4.03. The molecular formula is C30H27FN6O4S. The van der Waals surface area contributed by atoms with Gasteiger partial charge in [0.2, 0.25) is 0 Å². The van der Waals surface area contributed by atoms with E-state index >= 15 is 4.39 Å². The highest BCUT2D eigenvalue weighted by atomic mass is 32.2. The second-order valence-corrected chi connectivity index (χ2v) is 10.6. The van der Waals surface area contributed by atoms with Gasteiger partial charge in [-0.2, -0.15) is 14.9 Å². The summed E-state index contributed by atoms with van der Waals surface area (Å²) in [6.07, 6.45) is 3.03. The fourth-order valence-corrected chi connectivity index (χ4v) is 5.12. The van der Waals surface area contributed by atoms with E-state index in [-0.39, 0.29) is 23.4 Å². The number of pyridine rings is 1. The first kappa shape index (κ1) is 28.9. The molecule has 0 radical (unpaired) electrons. The van der Waals surface area contributed by atoms with Gasteiger partial charge in [-0.05, 0) is 48.9 Å². The standard InChI is InChI=1S/C30H27FN6O4S/c1-17(2)18-11-19-14-33-37(30(41)28(19)23(31)12-18)26-6-4-5-21(22(26)16-39)24-13-25(29(40)36(3)35-24)34-27-8-7-20(15-32-27)42-10-9-38/h4-8,11-15,38-39H,1,9-10,16H2,2-3H3,(H,32,34). The van der Waals surface area contributed by atoms with Crippen molar-refractivity contribution in [3.8, 4) is 16.9 Å². The van der Waals surface area contributed by atoms with Crippen molar-refractivity contribution in [1.29, 1.82) is 0 Å². The van der Waals surface area contributed by atoms with Crippen LogP contribution in [-0.4, -0.2) is 47.1 Å². The van der Waals surface area contributed by atoms with Crippen LogP contribution in [0.15, 0.2) is 82.0 Å². The molecule has 0 amide bonds. The first-order chi connectivity index (χ1) is 20.2. The number of allylic oxidation sites excluding steroid dienone is 1. The highest BCUT2D eigenvalue weighted by Crippen LogP contribution is 2.29. The number of aryl methyl sites for hydroxylation is 1. The largest absolute Gasteiger partial charge is 0.396 e. The van der Waals surface area contributed by atoms with E-state index in [4.69, 9.17) is 5.11 Å². The maximum Gasteiger partial charge on any atom is 0.290 e. The number of halogens is 1. The number of nitrogens with one attached hydrogen (secondary N) is 1. The molecule has 0 aliphatic heterocycles. The van der Waals surface area contributed by atoms with E-state index in [1.165, 1.54) is 37.1 Å². The van der Waals surface area contributed by atoms with Crippen molar-refractivity contribution >= 4 is 39.6 Å². The molecule has 5 rings (SSSR count). The second kappa shape index (κ2) is 12.1. The van der Waals surface area contributed by atoms with E-state index in [0.717, 1.165) is 14.3 Å². The van der Waals surface area contributed by atoms with Crippen LogP contribution < -0.4 is 16.4 Å². The Labute approximate surface area is 243 Å². The van der Waals surface area contributed by atoms with Crippen molar-refractivity contribution in [2.24, 2.45) is 7.05 Å². The summed E-state index contributed by atoms with van der Waals surface area (Å²) in [5, 5.41) is 31.3. The Bertz CT molecular complexity index is 1940. The zero-order chi connectivity index (χ0) is 30.0. The lowest BCUT2D eigenvalue weighted by Gasteiger charge is -2.16. The summed E-state index contributed by atoms with van der Waals surface area (Å²) in [6.45, 7) is 5.14. The van der Waals surface area contributed by atoms with Crippen molar-refractivity contribution in [3.05, 3.63) is 105 Å². The van der Waals surface area contributed by atoms with Crippen LogP contribution in [0.1, 0.15) is 18.1 Å². The third kappa shape index (κ3) is 5.59. The summed E-state index contributed by atoms with van der Waals surface area (Å²) in [6, 6.07) is 12.9. The quantitative estimate of drug-likeness (QED) is 0.219. The monoisotopic (exact) mass is 586 g/mol. The third-order valence-corrected chi connectivity index (χ3v) is 7.53.